The molecule has 0 spiro atoms. The summed E-state index contributed by atoms with van der Waals surface area (Å²) < 4.78 is 0. The Morgan fingerprint density at radius 1 is 1.16 bits per heavy atom. The van der Waals surface area contributed by atoms with E-state index in [9.17, 15) is 0 Å². The largest absolute Gasteiger partial charge is 0.397 e. The number of nitrogen functional groups attached to an aromatic ring is 1. The monoisotopic (exact) mass is 275 g/mol. The van der Waals surface area contributed by atoms with Crippen LogP contribution in [0.25, 0.3) is 0 Å². The number of anilines is 2. The van der Waals surface area contributed by atoms with Gasteiger partial charge in [-0.25, -0.2) is 4.98 Å². The van der Waals surface area contributed by atoms with E-state index < -0.39 is 0 Å². The molecule has 19 heavy (non-hydrogen) atoms. The molecule has 1 saturated heterocycles. The molecule has 0 amide bonds. The van der Waals surface area contributed by atoms with Crippen molar-refractivity contribution in [2.24, 2.45) is 0 Å². The number of aromatic nitrogens is 2. The van der Waals surface area contributed by atoms with E-state index in [1.807, 2.05) is 23.8 Å². The van der Waals surface area contributed by atoms with E-state index in [0.717, 1.165) is 38.5 Å². The normalized spacial score (nSPS) is 16.7. The summed E-state index contributed by atoms with van der Waals surface area (Å²) in [6, 6.07) is 3.90. The molecule has 1 fully saturated rings. The van der Waals surface area contributed by atoms with E-state index >= 15 is 0 Å². The predicted molar refractivity (Wildman–Crippen MR) is 78.3 cm³/mol. The second-order valence-electron chi connectivity index (χ2n) is 4.68. The molecule has 0 atom stereocenters. The van der Waals surface area contributed by atoms with Gasteiger partial charge >= 0.3 is 0 Å². The Kier molecular flexibility index (Phi) is 3.61. The Morgan fingerprint density at radius 3 is 2.63 bits per heavy atom. The minimum Gasteiger partial charge on any atom is -0.397 e. The number of rotatable bonds is 3. The van der Waals surface area contributed by atoms with Crippen molar-refractivity contribution in [2.75, 3.05) is 36.8 Å². The number of nitrogens with zero attached hydrogens (tertiary/aromatic N) is 4. The van der Waals surface area contributed by atoms with E-state index in [2.05, 4.69) is 19.8 Å². The Balaban J connectivity index is 1.56. The van der Waals surface area contributed by atoms with E-state index in [1.54, 1.807) is 17.5 Å². The number of hydrogen-bond donors (Lipinski definition) is 1. The predicted octanol–water partition coefficient (Wildman–Crippen LogP) is 1.44. The lowest BCUT2D eigenvalue weighted by Crippen LogP contribution is -2.46. The lowest BCUT2D eigenvalue weighted by Gasteiger charge is -2.35. The van der Waals surface area contributed by atoms with Gasteiger partial charge in [0.15, 0.2) is 0 Å². The maximum atomic E-state index is 5.66. The molecule has 0 unspecified atom stereocenters. The van der Waals surface area contributed by atoms with Crippen LogP contribution in [0, 0.1) is 0 Å². The van der Waals surface area contributed by atoms with Crippen LogP contribution in [-0.4, -0.2) is 41.0 Å². The zero-order valence-corrected chi connectivity index (χ0v) is 11.5. The van der Waals surface area contributed by atoms with Crippen LogP contribution in [0.2, 0.25) is 0 Å². The Labute approximate surface area is 116 Å². The minimum absolute atomic E-state index is 0.715. The van der Waals surface area contributed by atoms with Gasteiger partial charge in [0.25, 0.3) is 0 Å². The minimum atomic E-state index is 0.715. The average molecular weight is 275 g/mol. The highest BCUT2D eigenvalue weighted by Crippen LogP contribution is 2.16. The fraction of sp³-hybridized carbons (Fsp3) is 0.385. The van der Waals surface area contributed by atoms with Crippen molar-refractivity contribution in [3.63, 3.8) is 0 Å². The highest BCUT2D eigenvalue weighted by Gasteiger charge is 2.18. The quantitative estimate of drug-likeness (QED) is 0.918. The molecule has 3 heterocycles. The van der Waals surface area contributed by atoms with Gasteiger partial charge in [0, 0.05) is 43.8 Å². The van der Waals surface area contributed by atoms with Crippen LogP contribution < -0.4 is 10.6 Å². The Bertz CT molecular complexity index is 502. The summed E-state index contributed by atoms with van der Waals surface area (Å²) in [6.07, 6.45) is 3.68. The van der Waals surface area contributed by atoms with Crippen molar-refractivity contribution < 1.29 is 0 Å². The SMILES string of the molecule is Nc1ccc(N2CCN(Cc3cncs3)CC2)nc1. The number of piperazine rings is 1. The van der Waals surface area contributed by atoms with Gasteiger partial charge < -0.3 is 10.6 Å². The second-order valence-corrected chi connectivity index (χ2v) is 5.65. The number of pyridine rings is 1. The van der Waals surface area contributed by atoms with Crippen molar-refractivity contribution in [3.05, 3.63) is 34.9 Å². The summed E-state index contributed by atoms with van der Waals surface area (Å²) in [7, 11) is 0. The summed E-state index contributed by atoms with van der Waals surface area (Å²) in [5.41, 5.74) is 8.27. The first-order valence-corrected chi connectivity index (χ1v) is 7.25. The first kappa shape index (κ1) is 12.4. The summed E-state index contributed by atoms with van der Waals surface area (Å²) in [4.78, 5) is 14.6. The topological polar surface area (TPSA) is 58.3 Å². The third kappa shape index (κ3) is 3.02. The Morgan fingerprint density at radius 2 is 2.00 bits per heavy atom. The zero-order chi connectivity index (χ0) is 13.1. The molecule has 0 aromatic carbocycles. The average Bonchev–Trinajstić information content (AvgIpc) is 2.94. The van der Waals surface area contributed by atoms with Gasteiger partial charge in [-0.05, 0) is 12.1 Å². The molecule has 0 radical (unpaired) electrons. The van der Waals surface area contributed by atoms with Crippen LogP contribution in [0.15, 0.2) is 30.0 Å². The number of thiazole rings is 1. The maximum absolute atomic E-state index is 5.66. The van der Waals surface area contributed by atoms with Gasteiger partial charge in [0.2, 0.25) is 0 Å². The molecule has 0 saturated carbocycles. The molecule has 100 valence electrons. The van der Waals surface area contributed by atoms with Crippen molar-refractivity contribution in [1.82, 2.24) is 14.9 Å². The van der Waals surface area contributed by atoms with Crippen LogP contribution in [0.3, 0.4) is 0 Å². The molecular weight excluding hydrogens is 258 g/mol. The molecular formula is C13H17N5S. The summed E-state index contributed by atoms with van der Waals surface area (Å²) in [5, 5.41) is 0. The standard InChI is InChI=1S/C13H17N5S/c14-11-1-2-13(16-7-11)18-5-3-17(4-6-18)9-12-8-15-10-19-12/h1-2,7-8,10H,3-6,9,14H2. The lowest BCUT2D eigenvalue weighted by atomic mass is 10.3. The van der Waals surface area contributed by atoms with Gasteiger partial charge in [-0.1, -0.05) is 0 Å². The zero-order valence-electron chi connectivity index (χ0n) is 10.7. The fourth-order valence-electron chi connectivity index (χ4n) is 2.26. The van der Waals surface area contributed by atoms with Crippen LogP contribution >= 0.6 is 11.3 Å². The van der Waals surface area contributed by atoms with Crippen molar-refractivity contribution in [1.29, 1.82) is 0 Å². The van der Waals surface area contributed by atoms with Crippen molar-refractivity contribution in [3.8, 4) is 0 Å². The molecule has 2 N–H and O–H groups in total. The van der Waals surface area contributed by atoms with Crippen molar-refractivity contribution in [2.45, 2.75) is 6.54 Å². The van der Waals surface area contributed by atoms with Gasteiger partial charge in [-0.2, -0.15) is 0 Å². The molecule has 3 rings (SSSR count). The summed E-state index contributed by atoms with van der Waals surface area (Å²) in [5.74, 6) is 1.02. The van der Waals surface area contributed by atoms with E-state index in [-0.39, 0.29) is 0 Å². The van der Waals surface area contributed by atoms with Gasteiger partial charge in [-0.15, -0.1) is 11.3 Å². The fourth-order valence-corrected chi connectivity index (χ4v) is 2.90. The molecule has 1 aliphatic rings. The molecule has 2 aromatic heterocycles. The van der Waals surface area contributed by atoms with Crippen LogP contribution in [0.1, 0.15) is 4.88 Å². The maximum Gasteiger partial charge on any atom is 0.128 e. The molecule has 6 heteroatoms. The highest BCUT2D eigenvalue weighted by atomic mass is 32.1. The third-order valence-corrected chi connectivity index (χ3v) is 4.09. The van der Waals surface area contributed by atoms with Crippen LogP contribution in [-0.2, 0) is 6.54 Å². The summed E-state index contributed by atoms with van der Waals surface area (Å²) in [6.45, 7) is 5.15. The van der Waals surface area contributed by atoms with Crippen LogP contribution in [0.4, 0.5) is 11.5 Å². The number of hydrogen-bond acceptors (Lipinski definition) is 6. The smallest absolute Gasteiger partial charge is 0.128 e. The molecule has 5 nitrogen and oxygen atoms in total. The highest BCUT2D eigenvalue weighted by molar-refractivity contribution is 7.09. The van der Waals surface area contributed by atoms with Gasteiger partial charge in [-0.3, -0.25) is 9.88 Å². The molecule has 2 aromatic rings. The van der Waals surface area contributed by atoms with Gasteiger partial charge in [0.05, 0.1) is 17.4 Å². The van der Waals surface area contributed by atoms with E-state index in [4.69, 9.17) is 5.73 Å². The molecule has 0 aliphatic carbocycles. The van der Waals surface area contributed by atoms with Crippen LogP contribution in [0.5, 0.6) is 0 Å². The second kappa shape index (κ2) is 5.54. The first-order chi connectivity index (χ1) is 9.31. The third-order valence-electron chi connectivity index (χ3n) is 3.33. The first-order valence-electron chi connectivity index (χ1n) is 6.37. The Hall–Kier alpha value is -1.66. The summed E-state index contributed by atoms with van der Waals surface area (Å²) >= 11 is 1.72. The molecule has 0 bridgehead atoms. The van der Waals surface area contributed by atoms with Gasteiger partial charge in [0.1, 0.15) is 5.82 Å². The lowest BCUT2D eigenvalue weighted by molar-refractivity contribution is 0.251. The van der Waals surface area contributed by atoms with E-state index in [0.29, 0.717) is 5.69 Å². The van der Waals surface area contributed by atoms with Crippen molar-refractivity contribution >= 4 is 22.8 Å². The van der Waals surface area contributed by atoms with E-state index in [1.165, 1.54) is 4.88 Å². The number of nitrogens with two attached hydrogens (primary N) is 1. The molecule has 1 aliphatic heterocycles.